The summed E-state index contributed by atoms with van der Waals surface area (Å²) in [5.74, 6) is 0.136. The maximum atomic E-state index is 13.5. The molecule has 1 atom stereocenters. The highest BCUT2D eigenvalue weighted by Gasteiger charge is 2.46. The molecule has 1 saturated heterocycles. The summed E-state index contributed by atoms with van der Waals surface area (Å²) in [5.41, 5.74) is 1.13. The van der Waals surface area contributed by atoms with Crippen LogP contribution in [0.1, 0.15) is 70.5 Å². The molecule has 3 rings (SSSR count). The van der Waals surface area contributed by atoms with Gasteiger partial charge in [-0.2, -0.15) is 0 Å². The molecule has 1 heterocycles. The zero-order chi connectivity index (χ0) is 29.1. The number of aliphatic hydroxyl groups is 1. The lowest BCUT2D eigenvalue weighted by Gasteiger charge is -2.28. The van der Waals surface area contributed by atoms with Crippen molar-refractivity contribution in [1.29, 1.82) is 0 Å². The van der Waals surface area contributed by atoms with Crippen LogP contribution in [0.4, 0.5) is 0 Å². The van der Waals surface area contributed by atoms with Crippen LogP contribution in [-0.2, 0) is 9.59 Å². The molecule has 0 spiro atoms. The Morgan fingerprint density at radius 1 is 0.925 bits per heavy atom. The summed E-state index contributed by atoms with van der Waals surface area (Å²) < 4.78 is 17.3. The van der Waals surface area contributed by atoms with Gasteiger partial charge >= 0.3 is 0 Å². The number of amides is 1. The third kappa shape index (κ3) is 7.36. The van der Waals surface area contributed by atoms with Gasteiger partial charge in [-0.15, -0.1) is 0 Å². The van der Waals surface area contributed by atoms with Crippen LogP contribution >= 0.6 is 0 Å². The number of aliphatic hydroxyl groups excluding tert-OH is 1. The van der Waals surface area contributed by atoms with Gasteiger partial charge in [0.25, 0.3) is 11.7 Å². The molecule has 8 heteroatoms. The second-order valence-electron chi connectivity index (χ2n) is 9.86. The molecule has 1 amide bonds. The monoisotopic (exact) mass is 552 g/mol. The molecule has 1 fully saturated rings. The fourth-order valence-corrected chi connectivity index (χ4v) is 4.86. The molecule has 40 heavy (non-hydrogen) atoms. The van der Waals surface area contributed by atoms with E-state index in [0.717, 1.165) is 38.8 Å². The number of carbonyl (C=O) groups excluding carboxylic acids is 2. The smallest absolute Gasteiger partial charge is 0.295 e. The SMILES string of the molecule is CCCCCOc1ccc(C2C(=C(O)c3cccc(OCCC)c3)C(=O)C(=O)N2CCN(CC)CC)cc1OC. The number of Topliss-reactive ketones (excluding diaryl/α,β-unsaturated/α-hetero) is 1. The van der Waals surface area contributed by atoms with Gasteiger partial charge in [0.2, 0.25) is 0 Å². The highest BCUT2D eigenvalue weighted by Crippen LogP contribution is 2.42. The third-order valence-corrected chi connectivity index (χ3v) is 7.18. The van der Waals surface area contributed by atoms with Crippen molar-refractivity contribution in [2.75, 3.05) is 46.5 Å². The Morgan fingerprint density at radius 3 is 2.38 bits per heavy atom. The van der Waals surface area contributed by atoms with Crippen molar-refractivity contribution in [3.8, 4) is 17.2 Å². The van der Waals surface area contributed by atoms with Crippen LogP contribution in [0.2, 0.25) is 0 Å². The van der Waals surface area contributed by atoms with Crippen LogP contribution in [0.25, 0.3) is 5.76 Å². The normalized spacial score (nSPS) is 16.6. The largest absolute Gasteiger partial charge is 0.507 e. The van der Waals surface area contributed by atoms with Gasteiger partial charge in [0.15, 0.2) is 11.5 Å². The number of likely N-dealkylation sites (tertiary alicyclic amines) is 1. The summed E-state index contributed by atoms with van der Waals surface area (Å²) in [6, 6.07) is 11.6. The van der Waals surface area contributed by atoms with E-state index in [1.165, 1.54) is 0 Å². The van der Waals surface area contributed by atoms with E-state index in [4.69, 9.17) is 14.2 Å². The first-order valence-electron chi connectivity index (χ1n) is 14.4. The molecule has 8 nitrogen and oxygen atoms in total. The summed E-state index contributed by atoms with van der Waals surface area (Å²) in [6.07, 6.45) is 3.95. The summed E-state index contributed by atoms with van der Waals surface area (Å²) in [4.78, 5) is 30.6. The molecule has 0 radical (unpaired) electrons. The van der Waals surface area contributed by atoms with Crippen molar-refractivity contribution in [3.63, 3.8) is 0 Å². The highest BCUT2D eigenvalue weighted by molar-refractivity contribution is 6.46. The zero-order valence-corrected chi connectivity index (χ0v) is 24.6. The van der Waals surface area contributed by atoms with Gasteiger partial charge in [-0.3, -0.25) is 9.59 Å². The molecule has 1 aliphatic heterocycles. The lowest BCUT2D eigenvalue weighted by molar-refractivity contribution is -0.140. The molecule has 1 aliphatic rings. The molecule has 2 aromatic rings. The average Bonchev–Trinajstić information content (AvgIpc) is 3.23. The van der Waals surface area contributed by atoms with Crippen molar-refractivity contribution in [2.24, 2.45) is 0 Å². The number of carbonyl (C=O) groups is 2. The second kappa shape index (κ2) is 15.3. The van der Waals surface area contributed by atoms with E-state index in [9.17, 15) is 14.7 Å². The molecule has 0 aromatic heterocycles. The van der Waals surface area contributed by atoms with E-state index in [1.807, 2.05) is 19.1 Å². The van der Waals surface area contributed by atoms with Crippen LogP contribution in [0, 0.1) is 0 Å². The van der Waals surface area contributed by atoms with Crippen LogP contribution in [0.5, 0.6) is 17.2 Å². The second-order valence-corrected chi connectivity index (χ2v) is 9.86. The van der Waals surface area contributed by atoms with E-state index in [1.54, 1.807) is 42.3 Å². The fraction of sp³-hybridized carbons (Fsp3) is 0.500. The van der Waals surface area contributed by atoms with Gasteiger partial charge in [-0.05, 0) is 55.8 Å². The predicted molar refractivity (Wildman–Crippen MR) is 157 cm³/mol. The van der Waals surface area contributed by atoms with Crippen molar-refractivity contribution in [3.05, 3.63) is 59.2 Å². The van der Waals surface area contributed by atoms with Gasteiger partial charge in [-0.25, -0.2) is 0 Å². The number of benzene rings is 2. The van der Waals surface area contributed by atoms with Gasteiger partial charge in [0, 0.05) is 18.7 Å². The molecular formula is C32H44N2O6. The Bertz CT molecular complexity index is 1170. The maximum Gasteiger partial charge on any atom is 0.295 e. The van der Waals surface area contributed by atoms with Crippen LogP contribution in [0.3, 0.4) is 0 Å². The summed E-state index contributed by atoms with van der Waals surface area (Å²) in [5, 5.41) is 11.5. The first-order valence-corrected chi connectivity index (χ1v) is 14.4. The summed E-state index contributed by atoms with van der Waals surface area (Å²) >= 11 is 0. The minimum Gasteiger partial charge on any atom is -0.507 e. The number of unbranched alkanes of at least 4 members (excludes halogenated alkanes) is 2. The first-order chi connectivity index (χ1) is 19.4. The van der Waals surface area contributed by atoms with E-state index < -0.39 is 17.7 Å². The predicted octanol–water partition coefficient (Wildman–Crippen LogP) is 5.82. The van der Waals surface area contributed by atoms with Crippen molar-refractivity contribution < 1.29 is 28.9 Å². The quantitative estimate of drug-likeness (QED) is 0.122. The number of ether oxygens (including phenoxy) is 3. The minimum atomic E-state index is -0.779. The zero-order valence-electron chi connectivity index (χ0n) is 24.6. The Kier molecular flexibility index (Phi) is 11.9. The molecule has 1 N–H and O–H groups in total. The number of hydrogen-bond donors (Lipinski definition) is 1. The average molecular weight is 553 g/mol. The summed E-state index contributed by atoms with van der Waals surface area (Å²) in [6.45, 7) is 12.0. The Hall–Kier alpha value is -3.52. The topological polar surface area (TPSA) is 88.5 Å². The van der Waals surface area contributed by atoms with E-state index >= 15 is 0 Å². The van der Waals surface area contributed by atoms with Gasteiger partial charge in [0.05, 0.1) is 31.9 Å². The molecule has 1 unspecified atom stereocenters. The van der Waals surface area contributed by atoms with Crippen molar-refractivity contribution in [1.82, 2.24) is 9.80 Å². The number of ketones is 1. The standard InChI is InChI=1S/C32H44N2O6/c1-6-10-11-20-40-26-16-15-23(22-27(26)38-5)29-28(30(35)24-13-12-14-25(21-24)39-19-7-2)31(36)32(37)34(29)18-17-33(8-3)9-4/h12-16,21-22,29,35H,6-11,17-20H2,1-5H3. The Morgan fingerprint density at radius 2 is 1.70 bits per heavy atom. The van der Waals surface area contributed by atoms with E-state index in [2.05, 4.69) is 25.7 Å². The van der Waals surface area contributed by atoms with E-state index in [0.29, 0.717) is 54.7 Å². The highest BCUT2D eigenvalue weighted by atomic mass is 16.5. The van der Waals surface area contributed by atoms with Crippen molar-refractivity contribution >= 4 is 17.4 Å². The van der Waals surface area contributed by atoms with Gasteiger partial charge in [-0.1, -0.05) is 58.7 Å². The number of nitrogens with zero attached hydrogens (tertiary/aromatic N) is 2. The molecule has 0 bridgehead atoms. The van der Waals surface area contributed by atoms with Crippen molar-refractivity contribution in [2.45, 2.75) is 59.4 Å². The maximum absolute atomic E-state index is 13.5. The number of methoxy groups -OCH3 is 1. The van der Waals surface area contributed by atoms with Gasteiger partial charge < -0.3 is 29.1 Å². The lowest BCUT2D eigenvalue weighted by atomic mass is 9.95. The number of rotatable bonds is 16. The van der Waals surface area contributed by atoms with Crippen LogP contribution in [-0.4, -0.2) is 73.1 Å². The van der Waals surface area contributed by atoms with Gasteiger partial charge in [0.1, 0.15) is 11.5 Å². The number of likely N-dealkylation sites (N-methyl/N-ethyl adjacent to an activating group) is 1. The Labute approximate surface area is 238 Å². The van der Waals surface area contributed by atoms with Crippen LogP contribution in [0.15, 0.2) is 48.0 Å². The number of hydrogen-bond acceptors (Lipinski definition) is 7. The summed E-state index contributed by atoms with van der Waals surface area (Å²) in [7, 11) is 1.57. The third-order valence-electron chi connectivity index (χ3n) is 7.18. The fourth-order valence-electron chi connectivity index (χ4n) is 4.86. The molecule has 2 aromatic carbocycles. The van der Waals surface area contributed by atoms with Crippen LogP contribution < -0.4 is 14.2 Å². The molecule has 0 saturated carbocycles. The molecular weight excluding hydrogens is 508 g/mol. The van der Waals surface area contributed by atoms with E-state index in [-0.39, 0.29) is 11.3 Å². The lowest BCUT2D eigenvalue weighted by Crippen LogP contribution is -2.38. The molecule has 0 aliphatic carbocycles. The Balaban J connectivity index is 2.07. The molecule has 218 valence electrons. The first kappa shape index (κ1) is 31.0. The minimum absolute atomic E-state index is 0.0517.